The third-order valence-corrected chi connectivity index (χ3v) is 1.42. The van der Waals surface area contributed by atoms with Gasteiger partial charge in [0.2, 0.25) is 0 Å². The van der Waals surface area contributed by atoms with Crippen molar-refractivity contribution in [2.45, 2.75) is 6.18 Å². The second kappa shape index (κ2) is 5.08. The third kappa shape index (κ3) is 4.41. The number of carbonyl (C=O) groups is 1. The van der Waals surface area contributed by atoms with Gasteiger partial charge in [0, 0.05) is 0 Å². The van der Waals surface area contributed by atoms with Crippen molar-refractivity contribution in [3.05, 3.63) is 23.2 Å². The van der Waals surface area contributed by atoms with Crippen molar-refractivity contribution in [2.75, 3.05) is 6.61 Å². The minimum Gasteiger partial charge on any atom is -0.265 e. The van der Waals surface area contributed by atoms with Gasteiger partial charge in [-0.3, -0.25) is 14.6 Å². The lowest BCUT2D eigenvalue weighted by Crippen LogP contribution is -2.30. The second-order valence-corrected chi connectivity index (χ2v) is 2.95. The molecule has 0 radical (unpaired) electrons. The quantitative estimate of drug-likeness (QED) is 0.828. The largest absolute Gasteiger partial charge is 0.414 e. The Bertz CT molecular complexity index is 385. The number of rotatable bonds is 3. The monoisotopic (exact) mass is 255 g/mol. The van der Waals surface area contributed by atoms with Crippen LogP contribution in [0.15, 0.2) is 12.4 Å². The van der Waals surface area contributed by atoms with E-state index >= 15 is 0 Å². The van der Waals surface area contributed by atoms with Crippen LogP contribution in [-0.4, -0.2) is 28.7 Å². The molecular formula is C7H5ClF3N3O2. The Morgan fingerprint density at radius 3 is 2.75 bits per heavy atom. The first-order valence-electron chi connectivity index (χ1n) is 3.85. The van der Waals surface area contributed by atoms with Crippen LogP contribution in [0, 0.1) is 0 Å². The van der Waals surface area contributed by atoms with E-state index in [0.717, 1.165) is 6.20 Å². The van der Waals surface area contributed by atoms with E-state index in [9.17, 15) is 18.0 Å². The lowest BCUT2D eigenvalue weighted by atomic mass is 10.4. The van der Waals surface area contributed by atoms with Crippen LogP contribution < -0.4 is 5.48 Å². The van der Waals surface area contributed by atoms with Crippen LogP contribution in [0.5, 0.6) is 0 Å². The number of alkyl halides is 3. The van der Waals surface area contributed by atoms with E-state index in [4.69, 9.17) is 11.6 Å². The first-order valence-corrected chi connectivity index (χ1v) is 4.23. The maximum Gasteiger partial charge on any atom is 0.414 e. The molecule has 0 unspecified atom stereocenters. The number of hydrogen-bond donors (Lipinski definition) is 1. The summed E-state index contributed by atoms with van der Waals surface area (Å²) >= 11 is 5.42. The molecule has 1 N–H and O–H groups in total. The smallest absolute Gasteiger partial charge is 0.265 e. The van der Waals surface area contributed by atoms with E-state index in [1.54, 1.807) is 5.48 Å². The molecule has 0 saturated heterocycles. The van der Waals surface area contributed by atoms with Gasteiger partial charge in [-0.1, -0.05) is 11.6 Å². The Kier molecular flexibility index (Phi) is 4.02. The number of carbonyl (C=O) groups excluding carboxylic acids is 1. The molecule has 1 rings (SSSR count). The van der Waals surface area contributed by atoms with Crippen LogP contribution in [-0.2, 0) is 4.84 Å². The second-order valence-electron chi connectivity index (χ2n) is 2.56. The Balaban J connectivity index is 2.47. The van der Waals surface area contributed by atoms with Crippen molar-refractivity contribution in [3.8, 4) is 0 Å². The minimum atomic E-state index is -4.52. The normalized spacial score (nSPS) is 11.2. The molecule has 1 amide bonds. The van der Waals surface area contributed by atoms with Gasteiger partial charge in [0.25, 0.3) is 5.91 Å². The predicted molar refractivity (Wildman–Crippen MR) is 46.5 cm³/mol. The Labute approximate surface area is 92.5 Å². The number of hydroxylamine groups is 1. The highest BCUT2D eigenvalue weighted by Crippen LogP contribution is 2.13. The highest BCUT2D eigenvalue weighted by atomic mass is 35.5. The molecule has 5 nitrogen and oxygen atoms in total. The summed E-state index contributed by atoms with van der Waals surface area (Å²) < 4.78 is 34.9. The summed E-state index contributed by atoms with van der Waals surface area (Å²) in [7, 11) is 0. The number of aromatic nitrogens is 2. The maximum atomic E-state index is 11.6. The number of nitrogens with one attached hydrogen (secondary N) is 1. The van der Waals surface area contributed by atoms with Crippen LogP contribution in [0.4, 0.5) is 13.2 Å². The van der Waals surface area contributed by atoms with Crippen molar-refractivity contribution in [1.82, 2.24) is 15.4 Å². The van der Waals surface area contributed by atoms with E-state index in [2.05, 4.69) is 14.8 Å². The number of halogens is 4. The van der Waals surface area contributed by atoms with Gasteiger partial charge in [0.05, 0.1) is 12.4 Å². The molecule has 0 aliphatic heterocycles. The molecule has 0 saturated carbocycles. The van der Waals surface area contributed by atoms with Gasteiger partial charge in [0.1, 0.15) is 10.8 Å². The van der Waals surface area contributed by atoms with E-state index in [-0.39, 0.29) is 10.8 Å². The molecule has 1 heterocycles. The Morgan fingerprint density at radius 2 is 2.19 bits per heavy atom. The van der Waals surface area contributed by atoms with Gasteiger partial charge in [-0.15, -0.1) is 0 Å². The summed E-state index contributed by atoms with van der Waals surface area (Å²) in [6.07, 6.45) is -2.31. The van der Waals surface area contributed by atoms with E-state index < -0.39 is 18.7 Å². The summed E-state index contributed by atoms with van der Waals surface area (Å²) in [6, 6.07) is 0. The van der Waals surface area contributed by atoms with Gasteiger partial charge in [-0.25, -0.2) is 10.5 Å². The fourth-order valence-corrected chi connectivity index (χ4v) is 0.835. The minimum absolute atomic E-state index is 0.0523. The first kappa shape index (κ1) is 12.7. The molecule has 9 heteroatoms. The molecule has 1 aromatic rings. The Morgan fingerprint density at radius 1 is 1.50 bits per heavy atom. The zero-order chi connectivity index (χ0) is 12.2. The highest BCUT2D eigenvalue weighted by molar-refractivity contribution is 6.29. The summed E-state index contributed by atoms with van der Waals surface area (Å²) in [5, 5.41) is -0.0523. The molecule has 16 heavy (non-hydrogen) atoms. The average molecular weight is 256 g/mol. The number of amides is 1. The zero-order valence-electron chi connectivity index (χ0n) is 7.58. The summed E-state index contributed by atoms with van der Waals surface area (Å²) in [6.45, 7) is -1.59. The van der Waals surface area contributed by atoms with Crippen molar-refractivity contribution < 1.29 is 22.8 Å². The Hall–Kier alpha value is -1.41. The average Bonchev–Trinajstić information content (AvgIpc) is 2.15. The molecule has 1 aromatic heterocycles. The van der Waals surface area contributed by atoms with Crippen LogP contribution >= 0.6 is 11.6 Å². The van der Waals surface area contributed by atoms with Gasteiger partial charge < -0.3 is 0 Å². The van der Waals surface area contributed by atoms with Crippen LogP contribution in [0.1, 0.15) is 10.5 Å². The van der Waals surface area contributed by atoms with Gasteiger partial charge in [-0.05, 0) is 0 Å². The lowest BCUT2D eigenvalue weighted by Gasteiger charge is -2.07. The molecule has 88 valence electrons. The third-order valence-electron chi connectivity index (χ3n) is 1.24. The van der Waals surface area contributed by atoms with Crippen molar-refractivity contribution in [1.29, 1.82) is 0 Å². The van der Waals surface area contributed by atoms with Crippen molar-refractivity contribution in [2.24, 2.45) is 0 Å². The van der Waals surface area contributed by atoms with Gasteiger partial charge in [0.15, 0.2) is 6.61 Å². The SMILES string of the molecule is O=C(NOCC(F)(F)F)c1cncc(Cl)n1. The fraction of sp³-hybridized carbons (Fsp3) is 0.286. The first-order chi connectivity index (χ1) is 7.38. The van der Waals surface area contributed by atoms with Crippen LogP contribution in [0.3, 0.4) is 0 Å². The van der Waals surface area contributed by atoms with Crippen molar-refractivity contribution in [3.63, 3.8) is 0 Å². The van der Waals surface area contributed by atoms with Gasteiger partial charge in [-0.2, -0.15) is 13.2 Å². The van der Waals surface area contributed by atoms with E-state index in [1.165, 1.54) is 6.20 Å². The molecule has 0 aromatic carbocycles. The van der Waals surface area contributed by atoms with E-state index in [1.807, 2.05) is 0 Å². The summed E-state index contributed by atoms with van der Waals surface area (Å²) in [5.74, 6) is -0.959. The van der Waals surface area contributed by atoms with Crippen molar-refractivity contribution >= 4 is 17.5 Å². The standard InChI is InChI=1S/C7H5ClF3N3O2/c8-5-2-12-1-4(13-5)6(15)14-16-3-7(9,10)11/h1-2H,3H2,(H,14,15). The summed E-state index contributed by atoms with van der Waals surface area (Å²) in [4.78, 5) is 22.1. The molecular weight excluding hydrogens is 251 g/mol. The van der Waals surface area contributed by atoms with Gasteiger partial charge >= 0.3 is 6.18 Å². The molecule has 0 spiro atoms. The molecule has 0 atom stereocenters. The fourth-order valence-electron chi connectivity index (χ4n) is 0.687. The molecule has 0 aliphatic carbocycles. The lowest BCUT2D eigenvalue weighted by molar-refractivity contribution is -0.184. The van der Waals surface area contributed by atoms with Crippen LogP contribution in [0.25, 0.3) is 0 Å². The maximum absolute atomic E-state index is 11.6. The topological polar surface area (TPSA) is 64.1 Å². The molecule has 0 aliphatic rings. The molecule has 0 bridgehead atoms. The molecule has 0 fully saturated rings. The summed E-state index contributed by atoms with van der Waals surface area (Å²) in [5.41, 5.74) is 1.32. The zero-order valence-corrected chi connectivity index (χ0v) is 8.34. The predicted octanol–water partition coefficient (Wildman–Crippen LogP) is 1.35. The van der Waals surface area contributed by atoms with Crippen LogP contribution in [0.2, 0.25) is 5.15 Å². The number of hydrogen-bond acceptors (Lipinski definition) is 4. The highest BCUT2D eigenvalue weighted by Gasteiger charge is 2.28. The number of nitrogens with zero attached hydrogens (tertiary/aromatic N) is 2. The van der Waals surface area contributed by atoms with E-state index in [0.29, 0.717) is 0 Å².